The smallest absolute Gasteiger partial charge is 0.295 e. The first kappa shape index (κ1) is 13.9. The summed E-state index contributed by atoms with van der Waals surface area (Å²) in [6.45, 7) is 0. The Bertz CT molecular complexity index is 693. The molecule has 2 aromatic carbocycles. The van der Waals surface area contributed by atoms with Crippen LogP contribution in [0.15, 0.2) is 47.4 Å². The maximum absolute atomic E-state index is 13.2. The maximum atomic E-state index is 13.2. The topological polar surface area (TPSA) is 55.2 Å². The van der Waals surface area contributed by atoms with Crippen molar-refractivity contribution in [2.24, 2.45) is 0 Å². The monoisotopic (exact) mass is 304 g/mol. The predicted molar refractivity (Wildman–Crippen MR) is 81.2 cm³/mol. The third-order valence-corrected chi connectivity index (χ3v) is 4.57. The average Bonchev–Trinajstić information content (AvgIpc) is 2.49. The van der Waals surface area contributed by atoms with Crippen molar-refractivity contribution in [2.45, 2.75) is 17.4 Å². The number of thioether (sulfide) groups is 1. The minimum Gasteiger partial charge on any atom is -0.373 e. The molecule has 1 aliphatic heterocycles. The first-order valence-corrected chi connectivity index (χ1v) is 7.56. The molecule has 0 spiro atoms. The lowest BCUT2D eigenvalue weighted by Crippen LogP contribution is -2.16. The number of hydrogen-bond acceptors (Lipinski definition) is 4. The molecule has 21 heavy (non-hydrogen) atoms. The Hall–Kier alpha value is -2.08. The summed E-state index contributed by atoms with van der Waals surface area (Å²) in [6, 6.07) is 11.6. The van der Waals surface area contributed by atoms with Crippen LogP contribution in [0.5, 0.6) is 0 Å². The zero-order valence-corrected chi connectivity index (χ0v) is 11.9. The van der Waals surface area contributed by atoms with Gasteiger partial charge in [-0.15, -0.1) is 11.8 Å². The van der Waals surface area contributed by atoms with Gasteiger partial charge in [0.2, 0.25) is 0 Å². The van der Waals surface area contributed by atoms with E-state index in [2.05, 4.69) is 5.32 Å². The molecule has 1 atom stereocenters. The number of nitro groups is 1. The van der Waals surface area contributed by atoms with Crippen molar-refractivity contribution in [3.05, 3.63) is 64.0 Å². The van der Waals surface area contributed by atoms with E-state index in [1.54, 1.807) is 11.8 Å². The SMILES string of the molecule is O=[N+]([O-])c1cc(F)ccc1NC1CCSc2ccccc21. The van der Waals surface area contributed by atoms with Crippen LogP contribution in [0.25, 0.3) is 0 Å². The first-order chi connectivity index (χ1) is 10.1. The molecule has 0 aliphatic carbocycles. The van der Waals surface area contributed by atoms with Crippen LogP contribution in [0.4, 0.5) is 15.8 Å². The Morgan fingerprint density at radius 2 is 2.10 bits per heavy atom. The fraction of sp³-hybridized carbons (Fsp3) is 0.200. The van der Waals surface area contributed by atoms with Gasteiger partial charge in [-0.25, -0.2) is 4.39 Å². The zero-order valence-electron chi connectivity index (χ0n) is 11.1. The number of benzene rings is 2. The van der Waals surface area contributed by atoms with E-state index < -0.39 is 10.7 Å². The molecule has 0 amide bonds. The number of nitrogens with one attached hydrogen (secondary N) is 1. The van der Waals surface area contributed by atoms with E-state index >= 15 is 0 Å². The van der Waals surface area contributed by atoms with Gasteiger partial charge in [-0.2, -0.15) is 0 Å². The van der Waals surface area contributed by atoms with Crippen molar-refractivity contribution >= 4 is 23.1 Å². The highest BCUT2D eigenvalue weighted by Crippen LogP contribution is 2.39. The van der Waals surface area contributed by atoms with E-state index in [0.29, 0.717) is 5.69 Å². The molecule has 6 heteroatoms. The molecule has 1 heterocycles. The van der Waals surface area contributed by atoms with Crippen LogP contribution in [-0.2, 0) is 0 Å². The van der Waals surface area contributed by atoms with Crippen molar-refractivity contribution in [1.82, 2.24) is 0 Å². The van der Waals surface area contributed by atoms with Gasteiger partial charge >= 0.3 is 0 Å². The molecule has 0 aromatic heterocycles. The molecular formula is C15H13FN2O2S. The minimum atomic E-state index is -0.605. The Balaban J connectivity index is 1.93. The van der Waals surface area contributed by atoms with Gasteiger partial charge in [-0.1, -0.05) is 18.2 Å². The molecular weight excluding hydrogens is 291 g/mol. The standard InChI is InChI=1S/C15H13FN2O2S/c16-10-5-6-13(14(9-10)18(19)20)17-12-7-8-21-15-4-2-1-3-11(12)15/h1-6,9,12,17H,7-8H2. The van der Waals surface area contributed by atoms with Gasteiger partial charge < -0.3 is 5.32 Å². The zero-order chi connectivity index (χ0) is 14.8. The molecule has 4 nitrogen and oxygen atoms in total. The largest absolute Gasteiger partial charge is 0.373 e. The van der Waals surface area contributed by atoms with Gasteiger partial charge in [0.25, 0.3) is 5.69 Å². The summed E-state index contributed by atoms with van der Waals surface area (Å²) in [5, 5.41) is 14.2. The number of halogens is 1. The third kappa shape index (κ3) is 2.85. The average molecular weight is 304 g/mol. The summed E-state index contributed by atoms with van der Waals surface area (Å²) in [5.41, 5.74) is 1.26. The van der Waals surface area contributed by atoms with Gasteiger partial charge in [-0.3, -0.25) is 10.1 Å². The summed E-state index contributed by atoms with van der Waals surface area (Å²) >= 11 is 1.78. The maximum Gasteiger partial charge on any atom is 0.295 e. The summed E-state index contributed by atoms with van der Waals surface area (Å²) in [7, 11) is 0. The van der Waals surface area contributed by atoms with Crippen LogP contribution in [0.1, 0.15) is 18.0 Å². The Labute approximate surface area is 125 Å². The van der Waals surface area contributed by atoms with Gasteiger partial charge in [0.1, 0.15) is 11.5 Å². The number of nitro benzene ring substituents is 1. The molecule has 1 N–H and O–H groups in total. The van der Waals surface area contributed by atoms with E-state index in [1.807, 2.05) is 24.3 Å². The van der Waals surface area contributed by atoms with Gasteiger partial charge in [-0.05, 0) is 30.2 Å². The van der Waals surface area contributed by atoms with Gasteiger partial charge in [0.05, 0.1) is 17.0 Å². The lowest BCUT2D eigenvalue weighted by molar-refractivity contribution is -0.384. The summed E-state index contributed by atoms with van der Waals surface area (Å²) < 4.78 is 13.2. The number of rotatable bonds is 3. The van der Waals surface area contributed by atoms with Crippen molar-refractivity contribution in [1.29, 1.82) is 0 Å². The highest BCUT2D eigenvalue weighted by molar-refractivity contribution is 7.99. The number of nitrogens with zero attached hydrogens (tertiary/aromatic N) is 1. The molecule has 0 saturated heterocycles. The van der Waals surface area contributed by atoms with E-state index in [9.17, 15) is 14.5 Å². The van der Waals surface area contributed by atoms with Crippen LogP contribution in [0.3, 0.4) is 0 Å². The van der Waals surface area contributed by atoms with E-state index in [0.717, 1.165) is 23.8 Å². The van der Waals surface area contributed by atoms with E-state index in [1.165, 1.54) is 17.0 Å². The summed E-state index contributed by atoms with van der Waals surface area (Å²) in [6.07, 6.45) is 0.871. The fourth-order valence-corrected chi connectivity index (χ4v) is 3.58. The number of hydrogen-bond donors (Lipinski definition) is 1. The number of fused-ring (bicyclic) bond motifs is 1. The molecule has 108 valence electrons. The Morgan fingerprint density at radius 1 is 1.29 bits per heavy atom. The second kappa shape index (κ2) is 5.73. The van der Waals surface area contributed by atoms with Crippen LogP contribution in [0.2, 0.25) is 0 Å². The molecule has 3 rings (SSSR count). The Kier molecular flexibility index (Phi) is 3.79. The molecule has 0 bridgehead atoms. The minimum absolute atomic E-state index is 0.00612. The molecule has 1 aliphatic rings. The lowest BCUT2D eigenvalue weighted by Gasteiger charge is -2.26. The van der Waals surface area contributed by atoms with Crippen molar-refractivity contribution < 1.29 is 9.31 Å². The second-order valence-electron chi connectivity index (χ2n) is 4.79. The second-order valence-corrected chi connectivity index (χ2v) is 5.93. The first-order valence-electron chi connectivity index (χ1n) is 6.57. The summed E-state index contributed by atoms with van der Waals surface area (Å²) in [5.74, 6) is 0.343. The van der Waals surface area contributed by atoms with Gasteiger partial charge in [0.15, 0.2) is 0 Å². The van der Waals surface area contributed by atoms with Crippen molar-refractivity contribution in [3.63, 3.8) is 0 Å². The predicted octanol–water partition coefficient (Wildman–Crippen LogP) is 4.38. The molecule has 2 aromatic rings. The van der Waals surface area contributed by atoms with Gasteiger partial charge in [0, 0.05) is 10.6 Å². The quantitative estimate of drug-likeness (QED) is 0.675. The van der Waals surface area contributed by atoms with Crippen LogP contribution < -0.4 is 5.32 Å². The molecule has 0 saturated carbocycles. The highest BCUT2D eigenvalue weighted by Gasteiger charge is 2.23. The third-order valence-electron chi connectivity index (χ3n) is 3.44. The molecule has 0 fully saturated rings. The van der Waals surface area contributed by atoms with Crippen molar-refractivity contribution in [2.75, 3.05) is 11.1 Å². The van der Waals surface area contributed by atoms with Crippen LogP contribution in [-0.4, -0.2) is 10.7 Å². The van der Waals surface area contributed by atoms with E-state index in [-0.39, 0.29) is 11.7 Å². The highest BCUT2D eigenvalue weighted by atomic mass is 32.2. The fourth-order valence-electron chi connectivity index (χ4n) is 2.46. The summed E-state index contributed by atoms with van der Waals surface area (Å²) in [4.78, 5) is 11.7. The van der Waals surface area contributed by atoms with Crippen molar-refractivity contribution in [3.8, 4) is 0 Å². The molecule has 1 unspecified atom stereocenters. The normalized spacial score (nSPS) is 17.1. The number of anilines is 1. The van der Waals surface area contributed by atoms with Crippen LogP contribution in [0, 0.1) is 15.9 Å². The van der Waals surface area contributed by atoms with Crippen LogP contribution >= 0.6 is 11.8 Å². The van der Waals surface area contributed by atoms with E-state index in [4.69, 9.17) is 0 Å². The Morgan fingerprint density at radius 3 is 2.90 bits per heavy atom. The lowest BCUT2D eigenvalue weighted by atomic mass is 10.0. The molecule has 0 radical (unpaired) electrons.